The second-order valence-electron chi connectivity index (χ2n) is 8.27. The van der Waals surface area contributed by atoms with Crippen LogP contribution < -0.4 is 34.5 Å². The summed E-state index contributed by atoms with van der Waals surface area (Å²) >= 11 is 6.92. The molecule has 1 saturated heterocycles. The summed E-state index contributed by atoms with van der Waals surface area (Å²) in [6, 6.07) is 7.60. The number of thioether (sulfide) groups is 1. The third-order valence-electron chi connectivity index (χ3n) is 5.70. The van der Waals surface area contributed by atoms with Crippen molar-refractivity contribution in [2.24, 2.45) is 0 Å². The van der Waals surface area contributed by atoms with E-state index in [-0.39, 0.29) is 46.7 Å². The van der Waals surface area contributed by atoms with Crippen molar-refractivity contribution in [1.82, 2.24) is 9.80 Å². The van der Waals surface area contributed by atoms with Crippen LogP contribution in [0.5, 0.6) is 0 Å². The van der Waals surface area contributed by atoms with Crippen molar-refractivity contribution >= 4 is 56.7 Å². The number of hydrogen-bond acceptors (Lipinski definition) is 8. The third-order valence-corrected chi connectivity index (χ3v) is 8.11. The summed E-state index contributed by atoms with van der Waals surface area (Å²) in [5, 5.41) is 0.792. The molecule has 0 spiro atoms. The van der Waals surface area contributed by atoms with Crippen LogP contribution in [-0.4, -0.2) is 65.1 Å². The molecule has 1 aromatic rings. The molecule has 2 heterocycles. The van der Waals surface area contributed by atoms with Crippen LogP contribution in [0.25, 0.3) is 0 Å². The number of unbranched alkanes of at least 4 members (excludes halogenated alkanes) is 3. The van der Waals surface area contributed by atoms with Gasteiger partial charge in [0.1, 0.15) is 5.57 Å². The molecule has 0 unspecified atom stereocenters. The summed E-state index contributed by atoms with van der Waals surface area (Å²) in [4.78, 5) is 33.0. The van der Waals surface area contributed by atoms with E-state index >= 15 is 0 Å². The predicted octanol–water partition coefficient (Wildman–Crippen LogP) is 0.696. The number of amides is 2. The van der Waals surface area contributed by atoms with E-state index in [1.54, 1.807) is 0 Å². The van der Waals surface area contributed by atoms with E-state index in [9.17, 15) is 22.6 Å². The minimum Gasteiger partial charge on any atom is -0.748 e. The first kappa shape index (κ1) is 30.3. The third kappa shape index (κ3) is 7.30. The number of carbonyl (C=O) groups excluding carboxylic acids is 2. The zero-order valence-corrected chi connectivity index (χ0v) is 24.9. The zero-order chi connectivity index (χ0) is 24.9. The molecule has 1 aromatic carbocycles. The van der Waals surface area contributed by atoms with E-state index < -0.39 is 27.7 Å². The largest absolute Gasteiger partial charge is 1.00 e. The molecule has 2 aliphatic rings. The number of hydrogen-bond donors (Lipinski definition) is 0. The van der Waals surface area contributed by atoms with Gasteiger partial charge < -0.3 is 9.45 Å². The first-order valence-corrected chi connectivity index (χ1v) is 14.4. The molecule has 3 rings (SSSR count). The average molecular weight is 548 g/mol. The molecule has 0 N–H and O–H groups in total. The Morgan fingerprint density at radius 2 is 1.43 bits per heavy atom. The van der Waals surface area contributed by atoms with Crippen molar-refractivity contribution in [1.29, 1.82) is 0 Å². The molecule has 35 heavy (non-hydrogen) atoms. The van der Waals surface area contributed by atoms with E-state index in [1.807, 2.05) is 43.0 Å². The number of fused-ring (bicyclic) bond motifs is 1. The summed E-state index contributed by atoms with van der Waals surface area (Å²) < 4.78 is 33.0. The number of rotatable bonds is 11. The first-order valence-electron chi connectivity index (χ1n) is 11.6. The van der Waals surface area contributed by atoms with Crippen LogP contribution in [0.15, 0.2) is 39.8 Å². The van der Waals surface area contributed by atoms with Crippen LogP contribution in [-0.2, 0) is 19.7 Å². The SMILES string of the molecule is CCCCN1C(=O)C(=C2Sc3ccccc3N2CCCCS(=O)(=O)[O-])C(=O)N(CCCC)C1=S.[Na+]. The van der Waals surface area contributed by atoms with Gasteiger partial charge in [-0.25, -0.2) is 8.42 Å². The van der Waals surface area contributed by atoms with Crippen molar-refractivity contribution < 1.29 is 52.1 Å². The van der Waals surface area contributed by atoms with Crippen molar-refractivity contribution in [3.63, 3.8) is 0 Å². The molecule has 0 bridgehead atoms. The molecule has 8 nitrogen and oxygen atoms in total. The normalized spacial score (nSPS) is 16.2. The van der Waals surface area contributed by atoms with Gasteiger partial charge in [-0.1, -0.05) is 50.6 Å². The van der Waals surface area contributed by atoms with Crippen molar-refractivity contribution in [3.05, 3.63) is 34.9 Å². The van der Waals surface area contributed by atoms with Gasteiger partial charge in [-0.05, 0) is 50.0 Å². The van der Waals surface area contributed by atoms with Gasteiger partial charge in [0, 0.05) is 30.3 Å². The maximum atomic E-state index is 13.6. The number of anilines is 1. The predicted molar refractivity (Wildman–Crippen MR) is 136 cm³/mol. The van der Waals surface area contributed by atoms with Crippen LogP contribution in [0.4, 0.5) is 5.69 Å². The number of nitrogens with zero attached hydrogens (tertiary/aromatic N) is 3. The van der Waals surface area contributed by atoms with Gasteiger partial charge in [0.25, 0.3) is 11.8 Å². The minimum absolute atomic E-state index is 0. The number of para-hydroxylation sites is 1. The van der Waals surface area contributed by atoms with Crippen LogP contribution in [0.3, 0.4) is 0 Å². The van der Waals surface area contributed by atoms with Crippen LogP contribution >= 0.6 is 24.0 Å². The summed E-state index contributed by atoms with van der Waals surface area (Å²) in [6.07, 6.45) is 3.93. The van der Waals surface area contributed by atoms with Gasteiger partial charge >= 0.3 is 29.6 Å². The van der Waals surface area contributed by atoms with Crippen molar-refractivity contribution in [2.75, 3.05) is 30.3 Å². The van der Waals surface area contributed by atoms with Crippen LogP contribution in [0.1, 0.15) is 52.4 Å². The molecular formula is C23H30N3NaO5S3. The molecule has 0 atom stereocenters. The Hall–Kier alpha value is -0.950. The Kier molecular flexibility index (Phi) is 11.7. The van der Waals surface area contributed by atoms with Gasteiger partial charge in [-0.15, -0.1) is 0 Å². The molecule has 0 aromatic heterocycles. The molecule has 2 aliphatic heterocycles. The zero-order valence-electron chi connectivity index (χ0n) is 20.5. The monoisotopic (exact) mass is 547 g/mol. The minimum atomic E-state index is -4.29. The maximum Gasteiger partial charge on any atom is 1.00 e. The Balaban J connectivity index is 0.00000432. The molecule has 2 amide bonds. The van der Waals surface area contributed by atoms with E-state index in [1.165, 1.54) is 21.6 Å². The standard InChI is InChI=1S/C23H31N3O5S3.Na/c1-3-5-13-25-20(27)19(21(28)26(23(25)32)14-6-4-2)22-24(15-9-10-16-34(29,30)31)17-11-7-8-12-18(17)33-22;/h7-8,11-12H,3-6,9-10,13-16H2,1-2H3,(H,29,30,31);/q;+1/p-1. The van der Waals surface area contributed by atoms with E-state index in [2.05, 4.69) is 0 Å². The average Bonchev–Trinajstić information content (AvgIpc) is 3.14. The Morgan fingerprint density at radius 1 is 0.886 bits per heavy atom. The number of benzene rings is 1. The van der Waals surface area contributed by atoms with Gasteiger partial charge in [-0.3, -0.25) is 19.4 Å². The second kappa shape index (κ2) is 13.6. The molecule has 0 radical (unpaired) electrons. The van der Waals surface area contributed by atoms with Crippen molar-refractivity contribution in [2.45, 2.75) is 57.3 Å². The molecule has 186 valence electrons. The fourth-order valence-corrected chi connectivity index (χ4v) is 6.00. The maximum absolute atomic E-state index is 13.6. The topological polar surface area (TPSA) is 101 Å². The Bertz CT molecular complexity index is 1060. The molecule has 0 saturated carbocycles. The Labute approximate surface area is 239 Å². The van der Waals surface area contributed by atoms with Gasteiger partial charge in [0.15, 0.2) is 5.11 Å². The second-order valence-corrected chi connectivity index (χ2v) is 11.2. The van der Waals surface area contributed by atoms with Gasteiger partial charge in [0.05, 0.1) is 20.8 Å². The van der Waals surface area contributed by atoms with E-state index in [0.717, 1.165) is 36.3 Å². The molecule has 12 heteroatoms. The van der Waals surface area contributed by atoms with Crippen LogP contribution in [0.2, 0.25) is 0 Å². The summed E-state index contributed by atoms with van der Waals surface area (Å²) in [5.41, 5.74) is 0.951. The molecule has 0 aliphatic carbocycles. The summed E-state index contributed by atoms with van der Waals surface area (Å²) in [7, 11) is -4.29. The molecular weight excluding hydrogens is 517 g/mol. The van der Waals surface area contributed by atoms with Crippen LogP contribution in [0, 0.1) is 0 Å². The van der Waals surface area contributed by atoms with Crippen molar-refractivity contribution in [3.8, 4) is 0 Å². The smallest absolute Gasteiger partial charge is 0.748 e. The fraction of sp³-hybridized carbons (Fsp3) is 0.522. The quantitative estimate of drug-likeness (QED) is 0.0997. The molecule has 1 fully saturated rings. The summed E-state index contributed by atoms with van der Waals surface area (Å²) in [5.74, 6) is -1.22. The van der Waals surface area contributed by atoms with E-state index in [0.29, 0.717) is 31.1 Å². The van der Waals surface area contributed by atoms with E-state index in [4.69, 9.17) is 12.2 Å². The van der Waals surface area contributed by atoms with Gasteiger partial charge in [-0.2, -0.15) is 0 Å². The summed E-state index contributed by atoms with van der Waals surface area (Å²) in [6.45, 7) is 5.33. The number of thiocarbonyl (C=S) groups is 1. The van der Waals surface area contributed by atoms with Gasteiger partial charge in [0.2, 0.25) is 0 Å². The fourth-order valence-electron chi connectivity index (χ4n) is 3.88. The number of carbonyl (C=O) groups is 2. The Morgan fingerprint density at radius 3 is 1.97 bits per heavy atom. The first-order chi connectivity index (χ1) is 16.2.